The van der Waals surface area contributed by atoms with Gasteiger partial charge in [0.2, 0.25) is 0 Å². The Morgan fingerprint density at radius 2 is 2.00 bits per heavy atom. The average Bonchev–Trinajstić information content (AvgIpc) is 2.40. The molecule has 18 heavy (non-hydrogen) atoms. The van der Waals surface area contributed by atoms with Crippen molar-refractivity contribution in [1.82, 2.24) is 4.98 Å². The summed E-state index contributed by atoms with van der Waals surface area (Å²) in [4.78, 5) is 4.59. The van der Waals surface area contributed by atoms with Crippen LogP contribution < -0.4 is 5.32 Å². The summed E-state index contributed by atoms with van der Waals surface area (Å²) >= 11 is 0. The Morgan fingerprint density at radius 1 is 1.28 bits per heavy atom. The van der Waals surface area contributed by atoms with E-state index in [0.29, 0.717) is 0 Å². The first-order valence-corrected chi connectivity index (χ1v) is 6.40. The van der Waals surface area contributed by atoms with E-state index in [-0.39, 0.29) is 12.6 Å². The molecular formula is C15H20N2O. The Hall–Kier alpha value is -1.61. The number of aryl methyl sites for hydroxylation is 1. The monoisotopic (exact) mass is 244 g/mol. The molecule has 0 saturated heterocycles. The third-order valence-corrected chi connectivity index (χ3v) is 3.44. The number of aliphatic hydroxyl groups is 1. The molecule has 0 unspecified atom stereocenters. The number of benzene rings is 1. The lowest BCUT2D eigenvalue weighted by Gasteiger charge is -2.20. The summed E-state index contributed by atoms with van der Waals surface area (Å²) in [6.07, 6.45) is 0.894. The van der Waals surface area contributed by atoms with E-state index in [1.165, 1.54) is 0 Å². The summed E-state index contributed by atoms with van der Waals surface area (Å²) in [5, 5.41) is 13.9. The lowest BCUT2D eigenvalue weighted by Crippen LogP contribution is -2.23. The van der Waals surface area contributed by atoms with Gasteiger partial charge in [-0.25, -0.2) is 0 Å². The minimum absolute atomic E-state index is 0.0916. The first-order chi connectivity index (χ1) is 8.67. The minimum Gasteiger partial charge on any atom is -0.394 e. The number of nitrogens with one attached hydrogen (secondary N) is 1. The van der Waals surface area contributed by atoms with Gasteiger partial charge in [-0.05, 0) is 31.9 Å². The van der Waals surface area contributed by atoms with Crippen LogP contribution in [0.3, 0.4) is 0 Å². The maximum atomic E-state index is 9.34. The van der Waals surface area contributed by atoms with Gasteiger partial charge in [0.15, 0.2) is 0 Å². The van der Waals surface area contributed by atoms with Crippen LogP contribution in [0.2, 0.25) is 0 Å². The van der Waals surface area contributed by atoms with Crippen LogP contribution in [-0.4, -0.2) is 22.7 Å². The molecule has 3 heteroatoms. The number of aliphatic hydroxyl groups excluding tert-OH is 1. The highest BCUT2D eigenvalue weighted by Gasteiger charge is 2.12. The Balaban J connectivity index is 2.56. The molecule has 0 bridgehead atoms. The van der Waals surface area contributed by atoms with Gasteiger partial charge in [0.25, 0.3) is 0 Å². The van der Waals surface area contributed by atoms with Crippen molar-refractivity contribution in [3.63, 3.8) is 0 Å². The summed E-state index contributed by atoms with van der Waals surface area (Å²) in [5.74, 6) is 0. The number of hydrogen-bond donors (Lipinski definition) is 2. The van der Waals surface area contributed by atoms with Gasteiger partial charge < -0.3 is 10.4 Å². The summed E-state index contributed by atoms with van der Waals surface area (Å²) in [6, 6.07) is 8.20. The molecule has 1 aromatic heterocycles. The Morgan fingerprint density at radius 3 is 2.67 bits per heavy atom. The zero-order valence-electron chi connectivity index (χ0n) is 11.2. The van der Waals surface area contributed by atoms with Crippen molar-refractivity contribution in [2.75, 3.05) is 11.9 Å². The zero-order valence-corrected chi connectivity index (χ0v) is 11.2. The van der Waals surface area contributed by atoms with Crippen molar-refractivity contribution in [1.29, 1.82) is 0 Å². The van der Waals surface area contributed by atoms with Gasteiger partial charge in [0.1, 0.15) is 0 Å². The molecule has 2 aromatic rings. The van der Waals surface area contributed by atoms with Crippen LogP contribution in [0.4, 0.5) is 5.69 Å². The van der Waals surface area contributed by atoms with Crippen molar-refractivity contribution >= 4 is 16.6 Å². The van der Waals surface area contributed by atoms with E-state index < -0.39 is 0 Å². The van der Waals surface area contributed by atoms with Crippen molar-refractivity contribution in [3.8, 4) is 0 Å². The number of rotatable bonds is 4. The van der Waals surface area contributed by atoms with Crippen molar-refractivity contribution in [2.45, 2.75) is 33.2 Å². The highest BCUT2D eigenvalue weighted by molar-refractivity contribution is 5.93. The molecule has 0 spiro atoms. The second-order valence-corrected chi connectivity index (χ2v) is 4.65. The average molecular weight is 244 g/mol. The topological polar surface area (TPSA) is 45.1 Å². The van der Waals surface area contributed by atoms with Crippen LogP contribution in [-0.2, 0) is 0 Å². The zero-order chi connectivity index (χ0) is 13.1. The molecule has 0 fully saturated rings. The molecule has 0 amide bonds. The van der Waals surface area contributed by atoms with E-state index in [1.54, 1.807) is 0 Å². The predicted molar refractivity (Wildman–Crippen MR) is 76.0 cm³/mol. The van der Waals surface area contributed by atoms with E-state index in [9.17, 15) is 5.11 Å². The summed E-state index contributed by atoms with van der Waals surface area (Å²) in [5.41, 5.74) is 4.28. The van der Waals surface area contributed by atoms with E-state index in [1.807, 2.05) is 25.1 Å². The number of aromatic nitrogens is 1. The number of nitrogens with zero attached hydrogens (tertiary/aromatic N) is 1. The second-order valence-electron chi connectivity index (χ2n) is 4.65. The highest BCUT2D eigenvalue weighted by Crippen LogP contribution is 2.28. The van der Waals surface area contributed by atoms with E-state index in [4.69, 9.17) is 0 Å². The van der Waals surface area contributed by atoms with E-state index in [2.05, 4.69) is 30.2 Å². The lowest BCUT2D eigenvalue weighted by atomic mass is 10.1. The maximum Gasteiger partial charge on any atom is 0.0726 e. The minimum atomic E-state index is 0.0916. The Labute approximate surface area is 108 Å². The van der Waals surface area contributed by atoms with Crippen LogP contribution >= 0.6 is 0 Å². The van der Waals surface area contributed by atoms with Crippen LogP contribution in [0.1, 0.15) is 24.6 Å². The third-order valence-electron chi connectivity index (χ3n) is 3.44. The molecule has 0 aliphatic carbocycles. The van der Waals surface area contributed by atoms with Crippen LogP contribution in [0.15, 0.2) is 24.3 Å². The summed E-state index contributed by atoms with van der Waals surface area (Å²) in [6.45, 7) is 6.30. The fraction of sp³-hybridized carbons (Fsp3) is 0.400. The highest BCUT2D eigenvalue weighted by atomic mass is 16.3. The predicted octanol–water partition coefficient (Wildman–Crippen LogP) is 3.03. The second kappa shape index (κ2) is 5.36. The van der Waals surface area contributed by atoms with Crippen LogP contribution in [0.25, 0.3) is 10.9 Å². The third kappa shape index (κ3) is 2.31. The molecular weight excluding hydrogens is 224 g/mol. The molecule has 2 N–H and O–H groups in total. The quantitative estimate of drug-likeness (QED) is 0.869. The molecule has 1 aromatic carbocycles. The first-order valence-electron chi connectivity index (χ1n) is 6.40. The molecule has 3 nitrogen and oxygen atoms in total. The van der Waals surface area contributed by atoms with Gasteiger partial charge in [-0.2, -0.15) is 0 Å². The molecule has 0 radical (unpaired) electrons. The number of hydrogen-bond acceptors (Lipinski definition) is 3. The molecule has 1 heterocycles. The largest absolute Gasteiger partial charge is 0.394 e. The lowest BCUT2D eigenvalue weighted by molar-refractivity contribution is 0.272. The SMILES string of the molecule is CC[C@@H](CO)Nc1c(C)c(C)nc2ccccc12. The standard InChI is InChI=1S/C15H20N2O/c1-4-12(9-18)17-15-10(2)11(3)16-14-8-6-5-7-13(14)15/h5-8,12,18H,4,9H2,1-3H3,(H,16,17)/t12-/m0/s1. The first kappa shape index (κ1) is 12.8. The maximum absolute atomic E-state index is 9.34. The van der Waals surface area contributed by atoms with Crippen molar-refractivity contribution < 1.29 is 5.11 Å². The summed E-state index contributed by atoms with van der Waals surface area (Å²) < 4.78 is 0. The smallest absolute Gasteiger partial charge is 0.0726 e. The van der Waals surface area contributed by atoms with Crippen LogP contribution in [0.5, 0.6) is 0 Å². The van der Waals surface area contributed by atoms with Gasteiger partial charge >= 0.3 is 0 Å². The fourth-order valence-corrected chi connectivity index (χ4v) is 2.10. The molecule has 96 valence electrons. The number of pyridine rings is 1. The molecule has 0 aliphatic heterocycles. The van der Waals surface area contributed by atoms with Crippen molar-refractivity contribution in [3.05, 3.63) is 35.5 Å². The van der Waals surface area contributed by atoms with Gasteiger partial charge in [0, 0.05) is 22.8 Å². The number of anilines is 1. The van der Waals surface area contributed by atoms with E-state index >= 15 is 0 Å². The van der Waals surface area contributed by atoms with E-state index in [0.717, 1.165) is 34.3 Å². The molecule has 1 atom stereocenters. The normalized spacial score (nSPS) is 12.7. The van der Waals surface area contributed by atoms with Gasteiger partial charge in [-0.3, -0.25) is 4.98 Å². The van der Waals surface area contributed by atoms with Gasteiger partial charge in [-0.15, -0.1) is 0 Å². The Kier molecular flexibility index (Phi) is 3.82. The fourth-order valence-electron chi connectivity index (χ4n) is 2.10. The van der Waals surface area contributed by atoms with Gasteiger partial charge in [0.05, 0.1) is 12.1 Å². The Bertz CT molecular complexity index is 547. The molecule has 0 saturated carbocycles. The summed E-state index contributed by atoms with van der Waals surface area (Å²) in [7, 11) is 0. The number of para-hydroxylation sites is 1. The van der Waals surface area contributed by atoms with Crippen LogP contribution in [0, 0.1) is 13.8 Å². The number of fused-ring (bicyclic) bond motifs is 1. The molecule has 0 aliphatic rings. The molecule has 2 rings (SSSR count). The van der Waals surface area contributed by atoms with Crippen molar-refractivity contribution in [2.24, 2.45) is 0 Å². The van der Waals surface area contributed by atoms with Gasteiger partial charge in [-0.1, -0.05) is 25.1 Å².